The van der Waals surface area contributed by atoms with E-state index in [1.165, 1.54) is 0 Å². The number of carboxylic acid groups (broad SMARTS) is 1. The van der Waals surface area contributed by atoms with E-state index in [0.717, 1.165) is 39.4 Å². The lowest BCUT2D eigenvalue weighted by molar-refractivity contribution is -0.136. The molecule has 1 atom stereocenters. The summed E-state index contributed by atoms with van der Waals surface area (Å²) in [4.78, 5) is 25.0. The highest BCUT2D eigenvalue weighted by Gasteiger charge is 2.21. The van der Waals surface area contributed by atoms with E-state index in [2.05, 4.69) is 69.4 Å². The van der Waals surface area contributed by atoms with Crippen molar-refractivity contribution >= 4 is 22.6 Å². The fraction of sp³-hybridized carbons (Fsp3) is 0.294. The second-order valence-electron chi connectivity index (χ2n) is 10.7. The number of hydrogen-bond donors (Lipinski definition) is 2. The Morgan fingerprint density at radius 3 is 2.31 bits per heavy atom. The van der Waals surface area contributed by atoms with Gasteiger partial charge in [0.25, 0.3) is 5.91 Å². The molecule has 5 heteroatoms. The number of aliphatic carboxylic acids is 1. The molecule has 4 aromatic carbocycles. The van der Waals surface area contributed by atoms with Gasteiger partial charge in [-0.25, -0.2) is 0 Å². The van der Waals surface area contributed by atoms with Gasteiger partial charge >= 0.3 is 5.97 Å². The summed E-state index contributed by atoms with van der Waals surface area (Å²) in [6, 6.07) is 25.9. The summed E-state index contributed by atoms with van der Waals surface area (Å²) in [5.41, 5.74) is 5.57. The molecule has 0 radical (unpaired) electrons. The summed E-state index contributed by atoms with van der Waals surface area (Å²) in [5.74, 6) is -0.182. The molecule has 1 amide bonds. The number of nitrogens with one attached hydrogen (secondary N) is 1. The molecule has 0 aliphatic heterocycles. The molecule has 0 aliphatic carbocycles. The molecule has 0 bridgehead atoms. The maximum atomic E-state index is 13.7. The fourth-order valence-electron chi connectivity index (χ4n) is 5.09. The predicted molar refractivity (Wildman–Crippen MR) is 156 cm³/mol. The molecule has 0 saturated heterocycles. The number of rotatable bonds is 11. The van der Waals surface area contributed by atoms with E-state index in [1.807, 2.05) is 36.4 Å². The lowest BCUT2D eigenvalue weighted by Crippen LogP contribution is -2.30. The minimum absolute atomic E-state index is 0.0526. The second-order valence-corrected chi connectivity index (χ2v) is 10.7. The Hall–Kier alpha value is -4.12. The highest BCUT2D eigenvalue weighted by atomic mass is 16.5. The number of fused-ring (bicyclic) bond motifs is 1. The first-order valence-corrected chi connectivity index (χ1v) is 13.5. The van der Waals surface area contributed by atoms with Crippen LogP contribution in [0.2, 0.25) is 0 Å². The van der Waals surface area contributed by atoms with Gasteiger partial charge in [0, 0.05) is 12.0 Å². The number of carbonyl (C=O) groups is 2. The van der Waals surface area contributed by atoms with E-state index in [-0.39, 0.29) is 24.8 Å². The molecule has 4 aromatic rings. The summed E-state index contributed by atoms with van der Waals surface area (Å²) in [6.07, 6.45) is 0.999. The van der Waals surface area contributed by atoms with Gasteiger partial charge in [-0.05, 0) is 72.2 Å². The minimum Gasteiger partial charge on any atom is -0.489 e. The van der Waals surface area contributed by atoms with Gasteiger partial charge in [-0.15, -0.1) is 0 Å². The molecule has 2 N–H and O–H groups in total. The highest BCUT2D eigenvalue weighted by molar-refractivity contribution is 5.96. The molecular weight excluding hydrogens is 486 g/mol. The molecule has 0 aliphatic rings. The van der Waals surface area contributed by atoms with Crippen LogP contribution in [-0.2, 0) is 17.8 Å². The third-order valence-electron chi connectivity index (χ3n) is 6.87. The molecule has 0 aromatic heterocycles. The van der Waals surface area contributed by atoms with Crippen LogP contribution < -0.4 is 10.1 Å². The number of carboxylic acids is 1. The molecule has 0 fully saturated rings. The van der Waals surface area contributed by atoms with E-state index in [9.17, 15) is 14.7 Å². The molecule has 0 saturated carbocycles. The maximum Gasteiger partial charge on any atom is 0.303 e. The first-order valence-electron chi connectivity index (χ1n) is 13.5. The lowest BCUT2D eigenvalue weighted by atomic mass is 9.93. The number of amides is 1. The molecule has 0 spiro atoms. The Labute approximate surface area is 230 Å². The van der Waals surface area contributed by atoms with Crippen molar-refractivity contribution in [2.45, 2.75) is 59.6 Å². The van der Waals surface area contributed by atoms with Gasteiger partial charge < -0.3 is 15.2 Å². The average Bonchev–Trinajstić information content (AvgIpc) is 2.89. The monoisotopic (exact) mass is 523 g/mol. The van der Waals surface area contributed by atoms with Crippen molar-refractivity contribution in [2.24, 2.45) is 5.92 Å². The van der Waals surface area contributed by atoms with Gasteiger partial charge in [0.05, 0.1) is 6.04 Å². The molecule has 1 unspecified atom stereocenters. The van der Waals surface area contributed by atoms with E-state index >= 15 is 0 Å². The Kier molecular flexibility index (Phi) is 9.03. The van der Waals surface area contributed by atoms with Gasteiger partial charge in [0.1, 0.15) is 12.4 Å². The van der Waals surface area contributed by atoms with Crippen LogP contribution in [0.5, 0.6) is 5.75 Å². The standard InChI is InChI=1S/C34H37NO4/c1-22(2)16-32(28-18-23(3)17-24(4)19-28)35-34(38)31-20-29(14-12-26(31)13-15-33(36)37)39-21-27-10-7-9-25-8-5-6-11-30(25)27/h5-12,14,17-20,22,32H,13,15-16,21H2,1-4H3,(H,35,38)(H,36,37). The molecule has 39 heavy (non-hydrogen) atoms. The van der Waals surface area contributed by atoms with E-state index in [1.54, 1.807) is 6.07 Å². The minimum atomic E-state index is -0.898. The topological polar surface area (TPSA) is 75.6 Å². The largest absolute Gasteiger partial charge is 0.489 e. The zero-order valence-corrected chi connectivity index (χ0v) is 23.2. The molecule has 0 heterocycles. The Morgan fingerprint density at radius 2 is 1.59 bits per heavy atom. The molecular formula is C34H37NO4. The van der Waals surface area contributed by atoms with Gasteiger partial charge in [-0.1, -0.05) is 91.7 Å². The summed E-state index contributed by atoms with van der Waals surface area (Å²) in [7, 11) is 0. The van der Waals surface area contributed by atoms with Crippen LogP contribution in [0, 0.1) is 19.8 Å². The van der Waals surface area contributed by atoms with Crippen molar-refractivity contribution < 1.29 is 19.4 Å². The number of ether oxygens (including phenoxy) is 1. The number of aryl methyl sites for hydroxylation is 3. The van der Waals surface area contributed by atoms with Crippen molar-refractivity contribution in [1.29, 1.82) is 0 Å². The van der Waals surface area contributed by atoms with Crippen molar-refractivity contribution in [3.8, 4) is 5.75 Å². The number of carbonyl (C=O) groups excluding carboxylic acids is 1. The lowest BCUT2D eigenvalue weighted by Gasteiger charge is -2.23. The Balaban J connectivity index is 1.61. The van der Waals surface area contributed by atoms with Crippen molar-refractivity contribution in [2.75, 3.05) is 0 Å². The smallest absolute Gasteiger partial charge is 0.303 e. The first kappa shape index (κ1) is 27.9. The zero-order chi connectivity index (χ0) is 27.9. The highest BCUT2D eigenvalue weighted by Crippen LogP contribution is 2.27. The van der Waals surface area contributed by atoms with Crippen molar-refractivity contribution in [3.05, 3.63) is 112 Å². The van der Waals surface area contributed by atoms with E-state index in [0.29, 0.717) is 29.4 Å². The van der Waals surface area contributed by atoms with Crippen LogP contribution in [0.4, 0.5) is 0 Å². The normalized spacial score (nSPS) is 11.9. The van der Waals surface area contributed by atoms with Gasteiger partial charge in [-0.2, -0.15) is 0 Å². The van der Waals surface area contributed by atoms with Gasteiger partial charge in [0.15, 0.2) is 0 Å². The van der Waals surface area contributed by atoms with E-state index in [4.69, 9.17) is 4.74 Å². The van der Waals surface area contributed by atoms with Crippen LogP contribution in [-0.4, -0.2) is 17.0 Å². The third-order valence-corrected chi connectivity index (χ3v) is 6.87. The van der Waals surface area contributed by atoms with Gasteiger partial charge in [-0.3, -0.25) is 9.59 Å². The number of hydrogen-bond acceptors (Lipinski definition) is 3. The van der Waals surface area contributed by atoms with Crippen LogP contribution in [0.15, 0.2) is 78.9 Å². The first-order chi connectivity index (χ1) is 18.7. The molecule has 4 rings (SSSR count). The quantitative estimate of drug-likeness (QED) is 0.213. The van der Waals surface area contributed by atoms with Gasteiger partial charge in [0.2, 0.25) is 0 Å². The van der Waals surface area contributed by atoms with Crippen LogP contribution in [0.3, 0.4) is 0 Å². The number of benzene rings is 4. The SMILES string of the molecule is Cc1cc(C)cc(C(CC(C)C)NC(=O)c2cc(OCc3cccc4ccccc34)ccc2CCC(=O)O)c1. The average molecular weight is 524 g/mol. The molecule has 202 valence electrons. The predicted octanol–water partition coefficient (Wildman–Crippen LogP) is 7.57. The Bertz CT molecular complexity index is 1450. The summed E-state index contributed by atoms with van der Waals surface area (Å²) in [5, 5.41) is 14.8. The zero-order valence-electron chi connectivity index (χ0n) is 23.2. The second kappa shape index (κ2) is 12.6. The maximum absolute atomic E-state index is 13.7. The summed E-state index contributed by atoms with van der Waals surface area (Å²) in [6.45, 7) is 8.76. The van der Waals surface area contributed by atoms with E-state index < -0.39 is 5.97 Å². The third kappa shape index (κ3) is 7.47. The summed E-state index contributed by atoms with van der Waals surface area (Å²) < 4.78 is 6.16. The Morgan fingerprint density at radius 1 is 0.872 bits per heavy atom. The summed E-state index contributed by atoms with van der Waals surface area (Å²) >= 11 is 0. The fourth-order valence-corrected chi connectivity index (χ4v) is 5.09. The van der Waals surface area contributed by atoms with Crippen LogP contribution in [0.1, 0.15) is 70.9 Å². The van der Waals surface area contributed by atoms with Crippen molar-refractivity contribution in [3.63, 3.8) is 0 Å². The van der Waals surface area contributed by atoms with Crippen LogP contribution in [0.25, 0.3) is 10.8 Å². The van der Waals surface area contributed by atoms with Crippen molar-refractivity contribution in [1.82, 2.24) is 5.32 Å². The van der Waals surface area contributed by atoms with Crippen LogP contribution >= 0.6 is 0 Å². The molecule has 5 nitrogen and oxygen atoms in total.